The molecular formula is C23H34N4O2. The van der Waals surface area contributed by atoms with Gasteiger partial charge in [0.2, 0.25) is 0 Å². The average molecular weight is 399 g/mol. The fourth-order valence-electron chi connectivity index (χ4n) is 5.06. The van der Waals surface area contributed by atoms with E-state index in [1.54, 1.807) is 0 Å². The highest BCUT2D eigenvalue weighted by Crippen LogP contribution is 2.34. The molecule has 158 valence electrons. The summed E-state index contributed by atoms with van der Waals surface area (Å²) in [4.78, 5) is 29.3. The standard InChI is InChI=1S/C23H34N4O2/c1-16(2)24-23(29)25-20-11-12-26(15-20)21-9-7-19(8-10-21)22(28)27-13-17-3-4-18(14-27)6-5-17/h7-10,16-18,20H,3-6,11-15H2,1-2H3,(H2,24,25,29)/t17?,18?,20-/m1/s1. The van der Waals surface area contributed by atoms with E-state index in [4.69, 9.17) is 0 Å². The van der Waals surface area contributed by atoms with E-state index in [-0.39, 0.29) is 24.0 Å². The molecule has 1 atom stereocenters. The monoisotopic (exact) mass is 398 g/mol. The Balaban J connectivity index is 1.33. The van der Waals surface area contributed by atoms with E-state index in [1.807, 2.05) is 26.0 Å². The van der Waals surface area contributed by atoms with Crippen molar-refractivity contribution in [3.8, 4) is 0 Å². The van der Waals surface area contributed by atoms with Crippen molar-refractivity contribution in [2.45, 2.75) is 58.0 Å². The van der Waals surface area contributed by atoms with E-state index in [2.05, 4.69) is 32.6 Å². The molecule has 0 spiro atoms. The first-order chi connectivity index (χ1) is 14.0. The molecule has 2 N–H and O–H groups in total. The summed E-state index contributed by atoms with van der Waals surface area (Å²) in [6.45, 7) is 7.48. The molecule has 0 unspecified atom stereocenters. The summed E-state index contributed by atoms with van der Waals surface area (Å²) < 4.78 is 0. The largest absolute Gasteiger partial charge is 0.369 e. The summed E-state index contributed by atoms with van der Waals surface area (Å²) in [6, 6.07) is 8.23. The summed E-state index contributed by atoms with van der Waals surface area (Å²) >= 11 is 0. The molecule has 0 aromatic heterocycles. The smallest absolute Gasteiger partial charge is 0.315 e. The number of carbonyl (C=O) groups excluding carboxylic acids is 2. The Morgan fingerprint density at radius 2 is 1.55 bits per heavy atom. The summed E-state index contributed by atoms with van der Waals surface area (Å²) in [5.41, 5.74) is 1.91. The number of amides is 3. The molecule has 3 aliphatic heterocycles. The van der Waals surface area contributed by atoms with Crippen molar-refractivity contribution in [2.75, 3.05) is 31.1 Å². The number of rotatable bonds is 4. The highest BCUT2D eigenvalue weighted by Gasteiger charge is 2.32. The molecule has 6 nitrogen and oxygen atoms in total. The number of hydrogen-bond acceptors (Lipinski definition) is 3. The first-order valence-electron chi connectivity index (χ1n) is 11.2. The molecule has 3 saturated heterocycles. The molecule has 0 radical (unpaired) electrons. The number of anilines is 1. The third kappa shape index (κ3) is 4.85. The SMILES string of the molecule is CC(C)NC(=O)N[C@@H]1CCN(c2ccc(C(=O)N3CC4CCC(CC4)C3)cc2)C1. The predicted octanol–water partition coefficient (Wildman–Crippen LogP) is 3.24. The number of nitrogens with zero attached hydrogens (tertiary/aromatic N) is 2. The van der Waals surface area contributed by atoms with Crippen molar-refractivity contribution in [2.24, 2.45) is 11.8 Å². The van der Waals surface area contributed by atoms with Crippen LogP contribution in [0.3, 0.4) is 0 Å². The van der Waals surface area contributed by atoms with Crippen LogP contribution in [0.25, 0.3) is 0 Å². The zero-order valence-corrected chi connectivity index (χ0v) is 17.7. The molecule has 29 heavy (non-hydrogen) atoms. The Hall–Kier alpha value is -2.24. The van der Waals surface area contributed by atoms with Crippen LogP contribution in [0.1, 0.15) is 56.3 Å². The van der Waals surface area contributed by atoms with E-state index in [1.165, 1.54) is 25.7 Å². The Labute approximate surface area is 174 Å². The van der Waals surface area contributed by atoms with Gasteiger partial charge in [-0.1, -0.05) is 0 Å². The second-order valence-corrected chi connectivity index (χ2v) is 9.35. The van der Waals surface area contributed by atoms with Gasteiger partial charge >= 0.3 is 6.03 Å². The number of nitrogens with one attached hydrogen (secondary N) is 2. The van der Waals surface area contributed by atoms with Crippen LogP contribution in [0.4, 0.5) is 10.5 Å². The lowest BCUT2D eigenvalue weighted by atomic mass is 9.84. The van der Waals surface area contributed by atoms with Gasteiger partial charge in [-0.2, -0.15) is 0 Å². The summed E-state index contributed by atoms with van der Waals surface area (Å²) in [5, 5.41) is 5.93. The normalized spacial score (nSPS) is 26.5. The van der Waals surface area contributed by atoms with Crippen LogP contribution in [0.2, 0.25) is 0 Å². The van der Waals surface area contributed by atoms with Crippen molar-refractivity contribution >= 4 is 17.6 Å². The lowest BCUT2D eigenvalue weighted by Gasteiger charge is -2.23. The molecule has 3 heterocycles. The Morgan fingerprint density at radius 1 is 0.931 bits per heavy atom. The van der Waals surface area contributed by atoms with E-state index in [9.17, 15) is 9.59 Å². The highest BCUT2D eigenvalue weighted by molar-refractivity contribution is 5.94. The van der Waals surface area contributed by atoms with Crippen LogP contribution in [-0.2, 0) is 0 Å². The van der Waals surface area contributed by atoms with Crippen LogP contribution < -0.4 is 15.5 Å². The van der Waals surface area contributed by atoms with Gasteiger partial charge in [0.05, 0.1) is 0 Å². The quantitative estimate of drug-likeness (QED) is 0.818. The molecule has 5 rings (SSSR count). The minimum absolute atomic E-state index is 0.0980. The molecule has 1 aromatic rings. The maximum absolute atomic E-state index is 13.0. The van der Waals surface area contributed by atoms with Gasteiger partial charge in [-0.25, -0.2) is 4.79 Å². The minimum Gasteiger partial charge on any atom is -0.369 e. The number of hydrogen-bond donors (Lipinski definition) is 2. The van der Waals surface area contributed by atoms with Gasteiger partial charge in [0.1, 0.15) is 0 Å². The van der Waals surface area contributed by atoms with Gasteiger partial charge in [-0.3, -0.25) is 4.79 Å². The van der Waals surface area contributed by atoms with Crippen LogP contribution in [0.5, 0.6) is 0 Å². The summed E-state index contributed by atoms with van der Waals surface area (Å²) in [5.74, 6) is 1.57. The third-order valence-electron chi connectivity index (χ3n) is 6.63. The fraction of sp³-hybridized carbons (Fsp3) is 0.652. The maximum atomic E-state index is 13.0. The number of urea groups is 1. The van der Waals surface area contributed by atoms with E-state index >= 15 is 0 Å². The Bertz CT molecular complexity index is 711. The van der Waals surface area contributed by atoms with Crippen LogP contribution in [-0.4, -0.2) is 55.1 Å². The van der Waals surface area contributed by atoms with Crippen LogP contribution in [0.15, 0.2) is 24.3 Å². The summed E-state index contributed by atoms with van der Waals surface area (Å²) in [7, 11) is 0. The molecule has 6 heteroatoms. The minimum atomic E-state index is -0.0980. The van der Waals surface area contributed by atoms with Crippen LogP contribution >= 0.6 is 0 Å². The molecule has 1 saturated carbocycles. The van der Waals surface area contributed by atoms with Gasteiger partial charge < -0.3 is 20.4 Å². The van der Waals surface area contributed by atoms with Gasteiger partial charge in [0.25, 0.3) is 5.91 Å². The third-order valence-corrected chi connectivity index (χ3v) is 6.63. The van der Waals surface area contributed by atoms with Crippen molar-refractivity contribution in [3.05, 3.63) is 29.8 Å². The van der Waals surface area contributed by atoms with E-state index < -0.39 is 0 Å². The Kier molecular flexibility index (Phi) is 5.97. The fourth-order valence-corrected chi connectivity index (χ4v) is 5.06. The average Bonchev–Trinajstić information content (AvgIpc) is 2.94. The zero-order chi connectivity index (χ0) is 20.4. The Morgan fingerprint density at radius 3 is 2.14 bits per heavy atom. The second-order valence-electron chi connectivity index (χ2n) is 9.35. The molecule has 1 aromatic carbocycles. The van der Waals surface area contributed by atoms with Crippen molar-refractivity contribution in [1.82, 2.24) is 15.5 Å². The molecule has 1 aliphatic carbocycles. The van der Waals surface area contributed by atoms with E-state index in [0.717, 1.165) is 43.9 Å². The first-order valence-corrected chi connectivity index (χ1v) is 11.2. The van der Waals surface area contributed by atoms with Crippen molar-refractivity contribution in [3.63, 3.8) is 0 Å². The topological polar surface area (TPSA) is 64.7 Å². The first kappa shape index (κ1) is 20.0. The van der Waals surface area contributed by atoms with Gasteiger partial charge in [-0.05, 0) is 82.1 Å². The molecule has 4 aliphatic rings. The molecule has 3 amide bonds. The molecular weight excluding hydrogens is 364 g/mol. The van der Waals surface area contributed by atoms with Crippen molar-refractivity contribution in [1.29, 1.82) is 0 Å². The lowest BCUT2D eigenvalue weighted by Crippen LogP contribution is -2.45. The van der Waals surface area contributed by atoms with Gasteiger partial charge in [0, 0.05) is 49.5 Å². The summed E-state index contributed by atoms with van der Waals surface area (Å²) in [6.07, 6.45) is 6.07. The van der Waals surface area contributed by atoms with Crippen molar-refractivity contribution < 1.29 is 9.59 Å². The van der Waals surface area contributed by atoms with Gasteiger partial charge in [0.15, 0.2) is 0 Å². The van der Waals surface area contributed by atoms with Gasteiger partial charge in [-0.15, -0.1) is 0 Å². The lowest BCUT2D eigenvalue weighted by molar-refractivity contribution is 0.0739. The second kappa shape index (κ2) is 8.64. The number of fused-ring (bicyclic) bond motifs is 4. The molecule has 2 bridgehead atoms. The maximum Gasteiger partial charge on any atom is 0.315 e. The highest BCUT2D eigenvalue weighted by atomic mass is 16.2. The number of carbonyl (C=O) groups is 2. The van der Waals surface area contributed by atoms with E-state index in [0.29, 0.717) is 11.8 Å². The predicted molar refractivity (Wildman–Crippen MR) is 115 cm³/mol. The number of benzene rings is 1. The van der Waals surface area contributed by atoms with Crippen LogP contribution in [0, 0.1) is 11.8 Å². The zero-order valence-electron chi connectivity index (χ0n) is 17.7. The molecule has 4 fully saturated rings.